The number of hydrogen-bond acceptors (Lipinski definition) is 4. The van der Waals surface area contributed by atoms with Crippen molar-refractivity contribution in [3.63, 3.8) is 0 Å². The number of aldehydes is 1. The first-order valence-electron chi connectivity index (χ1n) is 5.62. The highest BCUT2D eigenvalue weighted by atomic mass is 35.5. The predicted octanol–water partition coefficient (Wildman–Crippen LogP) is 2.77. The Labute approximate surface area is 119 Å². The van der Waals surface area contributed by atoms with Gasteiger partial charge in [0.15, 0.2) is 11.4 Å². The van der Waals surface area contributed by atoms with E-state index in [2.05, 4.69) is 10.2 Å². The fourth-order valence-corrected chi connectivity index (χ4v) is 2.84. The van der Waals surface area contributed by atoms with E-state index in [1.807, 2.05) is 13.8 Å². The zero-order chi connectivity index (χ0) is 14.0. The van der Waals surface area contributed by atoms with Gasteiger partial charge < -0.3 is 0 Å². The largest absolute Gasteiger partial charge is 0.344 e. The molecule has 0 saturated carbocycles. The first-order valence-corrected chi connectivity index (χ1v) is 6.82. The molecule has 1 N–H and O–H groups in total. The summed E-state index contributed by atoms with van der Waals surface area (Å²) in [6.45, 7) is 3.78. The van der Waals surface area contributed by atoms with Crippen LogP contribution in [-0.2, 0) is 0 Å². The molecule has 7 heteroatoms. The molecule has 100 valence electrons. The van der Waals surface area contributed by atoms with Gasteiger partial charge in [0, 0.05) is 21.5 Å². The number of halogens is 1. The van der Waals surface area contributed by atoms with E-state index in [1.54, 1.807) is 18.2 Å². The fourth-order valence-electron chi connectivity index (χ4n) is 1.62. The van der Waals surface area contributed by atoms with Gasteiger partial charge in [-0.1, -0.05) is 11.6 Å². The van der Waals surface area contributed by atoms with Crippen LogP contribution in [0.5, 0.6) is 0 Å². The highest BCUT2D eigenvalue weighted by Gasteiger charge is 2.14. The van der Waals surface area contributed by atoms with E-state index in [4.69, 9.17) is 11.6 Å². The molecule has 0 fully saturated rings. The van der Waals surface area contributed by atoms with E-state index in [0.717, 1.165) is 6.29 Å². The van der Waals surface area contributed by atoms with E-state index >= 15 is 0 Å². The summed E-state index contributed by atoms with van der Waals surface area (Å²) in [5.41, 5.74) is 0.211. The van der Waals surface area contributed by atoms with Crippen molar-refractivity contribution in [3.8, 4) is 0 Å². The third-order valence-corrected chi connectivity index (χ3v) is 3.79. The number of carbonyl (C=O) groups is 1. The van der Waals surface area contributed by atoms with Crippen LogP contribution in [0.3, 0.4) is 0 Å². The van der Waals surface area contributed by atoms with Crippen LogP contribution in [0.4, 0.5) is 0 Å². The molecule has 0 aliphatic carbocycles. The van der Waals surface area contributed by atoms with E-state index in [-0.39, 0.29) is 11.7 Å². The maximum atomic E-state index is 11.6. The maximum Gasteiger partial charge on any atom is 0.344 e. The molecule has 0 aliphatic rings. The Hall–Kier alpha value is -1.53. The van der Waals surface area contributed by atoms with Gasteiger partial charge in [0.05, 0.1) is 0 Å². The maximum absolute atomic E-state index is 11.6. The van der Waals surface area contributed by atoms with Crippen LogP contribution in [0.25, 0.3) is 0 Å². The van der Waals surface area contributed by atoms with Crippen LogP contribution in [0, 0.1) is 0 Å². The van der Waals surface area contributed by atoms with Gasteiger partial charge in [-0.2, -0.15) is 0 Å². The van der Waals surface area contributed by atoms with Crippen molar-refractivity contribution >= 4 is 29.6 Å². The number of carbonyl (C=O) groups excluding carboxylic acids is 1. The van der Waals surface area contributed by atoms with Crippen LogP contribution in [0.15, 0.2) is 33.0 Å². The SMILES string of the molecule is CC(C)n1c(Sc2ccc(Cl)cc2C=O)n[nH]c1=O. The van der Waals surface area contributed by atoms with Crippen molar-refractivity contribution in [1.82, 2.24) is 14.8 Å². The molecule has 19 heavy (non-hydrogen) atoms. The quantitative estimate of drug-likeness (QED) is 0.881. The Morgan fingerprint density at radius 1 is 1.47 bits per heavy atom. The number of aromatic amines is 1. The first-order chi connectivity index (χ1) is 9.02. The third kappa shape index (κ3) is 2.90. The molecule has 0 unspecified atom stereocenters. The van der Waals surface area contributed by atoms with Gasteiger partial charge in [-0.05, 0) is 43.8 Å². The van der Waals surface area contributed by atoms with Crippen LogP contribution in [0.2, 0.25) is 5.02 Å². The summed E-state index contributed by atoms with van der Waals surface area (Å²) in [4.78, 5) is 23.4. The Morgan fingerprint density at radius 3 is 2.84 bits per heavy atom. The monoisotopic (exact) mass is 297 g/mol. The average molecular weight is 298 g/mol. The Bertz CT molecular complexity index is 663. The molecule has 5 nitrogen and oxygen atoms in total. The number of hydrogen-bond donors (Lipinski definition) is 1. The van der Waals surface area contributed by atoms with Gasteiger partial charge >= 0.3 is 5.69 Å². The summed E-state index contributed by atoms with van der Waals surface area (Å²) >= 11 is 7.09. The highest BCUT2D eigenvalue weighted by Crippen LogP contribution is 2.30. The van der Waals surface area contributed by atoms with E-state index in [9.17, 15) is 9.59 Å². The van der Waals surface area contributed by atoms with Crippen molar-refractivity contribution in [3.05, 3.63) is 39.3 Å². The van der Waals surface area contributed by atoms with E-state index in [1.165, 1.54) is 16.3 Å². The first kappa shape index (κ1) is 13.9. The number of benzene rings is 1. The summed E-state index contributed by atoms with van der Waals surface area (Å²) in [6.07, 6.45) is 0.735. The van der Waals surface area contributed by atoms with Crippen molar-refractivity contribution in [2.24, 2.45) is 0 Å². The molecular weight excluding hydrogens is 286 g/mol. The molecule has 0 amide bonds. The predicted molar refractivity (Wildman–Crippen MR) is 74.2 cm³/mol. The minimum absolute atomic E-state index is 0.0132. The highest BCUT2D eigenvalue weighted by molar-refractivity contribution is 7.99. The summed E-state index contributed by atoms with van der Waals surface area (Å²) in [6, 6.07) is 5.00. The minimum atomic E-state index is -0.265. The fraction of sp³-hybridized carbons (Fsp3) is 0.250. The number of aromatic nitrogens is 3. The van der Waals surface area contributed by atoms with Crippen LogP contribution in [-0.4, -0.2) is 21.1 Å². The van der Waals surface area contributed by atoms with Gasteiger partial charge in [0.1, 0.15) is 0 Å². The molecule has 1 aromatic carbocycles. The van der Waals surface area contributed by atoms with E-state index < -0.39 is 0 Å². The summed E-state index contributed by atoms with van der Waals surface area (Å²) in [5.74, 6) is 0. The lowest BCUT2D eigenvalue weighted by Gasteiger charge is -2.09. The third-order valence-electron chi connectivity index (χ3n) is 2.49. The van der Waals surface area contributed by atoms with Crippen molar-refractivity contribution in [2.45, 2.75) is 29.9 Å². The Kier molecular flexibility index (Phi) is 4.11. The zero-order valence-corrected chi connectivity index (χ0v) is 12.0. The average Bonchev–Trinajstić information content (AvgIpc) is 2.72. The molecule has 0 bridgehead atoms. The topological polar surface area (TPSA) is 67.8 Å². The van der Waals surface area contributed by atoms with E-state index in [0.29, 0.717) is 20.6 Å². The molecule has 0 spiro atoms. The molecule has 1 aromatic heterocycles. The number of nitrogens with zero attached hydrogens (tertiary/aromatic N) is 2. The molecule has 0 atom stereocenters. The molecule has 0 radical (unpaired) electrons. The van der Waals surface area contributed by atoms with Gasteiger partial charge in [-0.25, -0.2) is 9.89 Å². The normalized spacial score (nSPS) is 10.9. The van der Waals surface area contributed by atoms with Crippen LogP contribution < -0.4 is 5.69 Å². The number of H-pyrrole nitrogens is 1. The second-order valence-corrected chi connectivity index (χ2v) is 5.62. The second-order valence-electron chi connectivity index (χ2n) is 4.18. The molecule has 2 aromatic rings. The van der Waals surface area contributed by atoms with Gasteiger partial charge in [0.2, 0.25) is 0 Å². The molecule has 2 rings (SSSR count). The van der Waals surface area contributed by atoms with Gasteiger partial charge in [-0.15, -0.1) is 5.10 Å². The van der Waals surface area contributed by atoms with Crippen molar-refractivity contribution < 1.29 is 4.79 Å². The minimum Gasteiger partial charge on any atom is -0.298 e. The number of rotatable bonds is 4. The standard InChI is InChI=1S/C12H12ClN3O2S/c1-7(2)16-11(18)14-15-12(16)19-10-4-3-9(13)5-8(10)6-17/h3-7H,1-2H3,(H,14,18). The Morgan fingerprint density at radius 2 is 2.21 bits per heavy atom. The summed E-state index contributed by atoms with van der Waals surface area (Å²) in [5, 5.41) is 7.39. The number of nitrogens with one attached hydrogen (secondary N) is 1. The summed E-state index contributed by atoms with van der Waals surface area (Å²) in [7, 11) is 0. The molecule has 1 heterocycles. The zero-order valence-electron chi connectivity index (χ0n) is 10.4. The molecule has 0 aliphatic heterocycles. The van der Waals surface area contributed by atoms with Gasteiger partial charge in [0.25, 0.3) is 0 Å². The molecule has 0 saturated heterocycles. The lowest BCUT2D eigenvalue weighted by Crippen LogP contribution is -2.19. The van der Waals surface area contributed by atoms with Crippen LogP contribution in [0.1, 0.15) is 30.2 Å². The van der Waals surface area contributed by atoms with Crippen LogP contribution >= 0.6 is 23.4 Å². The second kappa shape index (κ2) is 5.63. The lowest BCUT2D eigenvalue weighted by molar-refractivity contribution is 0.112. The Balaban J connectivity index is 2.42. The lowest BCUT2D eigenvalue weighted by atomic mass is 10.2. The summed E-state index contributed by atoms with van der Waals surface area (Å²) < 4.78 is 1.54. The van der Waals surface area contributed by atoms with Crippen molar-refractivity contribution in [2.75, 3.05) is 0 Å². The van der Waals surface area contributed by atoms with Gasteiger partial charge in [-0.3, -0.25) is 9.36 Å². The molecular formula is C12H12ClN3O2S. The smallest absolute Gasteiger partial charge is 0.298 e. The van der Waals surface area contributed by atoms with Crippen molar-refractivity contribution in [1.29, 1.82) is 0 Å².